The maximum atomic E-state index is 11.2. The Labute approximate surface area is 290 Å². The summed E-state index contributed by atoms with van der Waals surface area (Å²) in [6.07, 6.45) is 0. The highest BCUT2D eigenvalue weighted by molar-refractivity contribution is 9.10. The molecule has 6 aromatic carbocycles. The average Bonchev–Trinajstić information content (AvgIpc) is 3.66. The summed E-state index contributed by atoms with van der Waals surface area (Å²) < 4.78 is 5.34. The predicted molar refractivity (Wildman–Crippen MR) is 201 cm³/mol. The SMILES string of the molecule is O=[N+]([O-])c1ccccc1-c1ccc2sc3ccccc3c2c1.O=[N+]([O-])c1ccccc1Br.OB(O)c1ccc2sc3ccccc3c2c1. The molecule has 8 nitrogen and oxygen atoms in total. The Balaban J connectivity index is 0.000000135. The molecule has 0 aliphatic rings. The summed E-state index contributed by atoms with van der Waals surface area (Å²) in [5, 5.41) is 44.3. The fourth-order valence-corrected chi connectivity index (χ4v) is 7.88. The third-order valence-electron chi connectivity index (χ3n) is 7.54. The Morgan fingerprint density at radius 2 is 1.02 bits per heavy atom. The lowest BCUT2D eigenvalue weighted by molar-refractivity contribution is -0.385. The van der Waals surface area contributed by atoms with Crippen LogP contribution in [-0.2, 0) is 0 Å². The summed E-state index contributed by atoms with van der Waals surface area (Å²) >= 11 is 6.52. The number of hydrogen-bond acceptors (Lipinski definition) is 8. The lowest BCUT2D eigenvalue weighted by Gasteiger charge is -2.03. The van der Waals surface area contributed by atoms with Gasteiger partial charge in [-0.3, -0.25) is 20.2 Å². The van der Waals surface area contributed by atoms with Crippen LogP contribution in [0.5, 0.6) is 0 Å². The van der Waals surface area contributed by atoms with Crippen LogP contribution in [0, 0.1) is 20.2 Å². The van der Waals surface area contributed by atoms with Crippen LogP contribution in [0.4, 0.5) is 11.4 Å². The van der Waals surface area contributed by atoms with Crippen LogP contribution in [0.3, 0.4) is 0 Å². The average molecular weight is 735 g/mol. The normalized spacial score (nSPS) is 10.7. The van der Waals surface area contributed by atoms with Crippen LogP contribution in [0.15, 0.2) is 138 Å². The molecule has 8 rings (SSSR count). The van der Waals surface area contributed by atoms with E-state index in [2.05, 4.69) is 46.3 Å². The number of thiophene rings is 2. The Kier molecular flexibility index (Phi) is 9.90. The van der Waals surface area contributed by atoms with Gasteiger partial charge in [0.05, 0.1) is 19.9 Å². The minimum Gasteiger partial charge on any atom is -0.423 e. The zero-order chi connectivity index (χ0) is 33.8. The van der Waals surface area contributed by atoms with Crippen molar-refractivity contribution in [3.8, 4) is 11.1 Å². The molecule has 8 aromatic rings. The molecule has 0 aliphatic heterocycles. The van der Waals surface area contributed by atoms with Crippen LogP contribution < -0.4 is 5.46 Å². The molecular weight excluding hydrogens is 711 g/mol. The van der Waals surface area contributed by atoms with Gasteiger partial charge in [0, 0.05) is 47.1 Å². The minimum atomic E-state index is -1.40. The first-order chi connectivity index (χ1) is 23.2. The van der Waals surface area contributed by atoms with Crippen LogP contribution >= 0.6 is 38.6 Å². The zero-order valence-corrected chi connectivity index (χ0v) is 28.1. The number of nitrogens with zero attached hydrogens (tertiary/aromatic N) is 2. The first-order valence-corrected chi connectivity index (χ1v) is 16.9. The topological polar surface area (TPSA) is 127 Å². The van der Waals surface area contributed by atoms with E-state index in [1.54, 1.807) is 65.1 Å². The van der Waals surface area contributed by atoms with Crippen molar-refractivity contribution in [2.45, 2.75) is 0 Å². The maximum absolute atomic E-state index is 11.2. The lowest BCUT2D eigenvalue weighted by atomic mass is 9.80. The number of halogens is 1. The number of rotatable bonds is 4. The molecule has 0 spiro atoms. The second-order valence-corrected chi connectivity index (χ2v) is 13.5. The molecule has 0 amide bonds. The van der Waals surface area contributed by atoms with Gasteiger partial charge in [-0.15, -0.1) is 22.7 Å². The zero-order valence-electron chi connectivity index (χ0n) is 24.9. The molecule has 0 saturated heterocycles. The maximum Gasteiger partial charge on any atom is 0.488 e. The van der Waals surface area contributed by atoms with Gasteiger partial charge >= 0.3 is 7.12 Å². The van der Waals surface area contributed by atoms with Crippen LogP contribution in [0.25, 0.3) is 51.5 Å². The molecule has 0 saturated carbocycles. The van der Waals surface area contributed by atoms with E-state index in [-0.39, 0.29) is 16.3 Å². The third kappa shape index (κ3) is 6.98. The van der Waals surface area contributed by atoms with Crippen molar-refractivity contribution >= 4 is 103 Å². The van der Waals surface area contributed by atoms with Gasteiger partial charge in [-0.2, -0.15) is 0 Å². The van der Waals surface area contributed by atoms with Gasteiger partial charge in [-0.25, -0.2) is 0 Å². The smallest absolute Gasteiger partial charge is 0.423 e. The Morgan fingerprint density at radius 1 is 0.542 bits per heavy atom. The third-order valence-corrected chi connectivity index (χ3v) is 10.5. The molecular formula is C36H24BBrN2O6S2. The monoisotopic (exact) mass is 734 g/mol. The van der Waals surface area contributed by atoms with E-state index in [0.29, 0.717) is 15.5 Å². The van der Waals surface area contributed by atoms with E-state index in [9.17, 15) is 20.2 Å². The molecule has 48 heavy (non-hydrogen) atoms. The van der Waals surface area contributed by atoms with Gasteiger partial charge in [0.25, 0.3) is 11.4 Å². The highest BCUT2D eigenvalue weighted by Gasteiger charge is 2.16. The quantitative estimate of drug-likeness (QED) is 0.105. The fraction of sp³-hybridized carbons (Fsp3) is 0. The molecule has 2 aromatic heterocycles. The summed E-state index contributed by atoms with van der Waals surface area (Å²) in [7, 11) is -1.40. The fourth-order valence-electron chi connectivity index (χ4n) is 5.27. The van der Waals surface area contributed by atoms with E-state index >= 15 is 0 Å². The second kappa shape index (κ2) is 14.4. The molecule has 0 fully saturated rings. The summed E-state index contributed by atoms with van der Waals surface area (Å²) in [6, 6.07) is 41.3. The standard InChI is InChI=1S/C18H11NO2S.C12H9BO2S.C6H4BrNO2/c20-19(21)16-7-3-1-5-13(16)12-9-10-18-15(11-12)14-6-2-4-8-17(14)22-18;14-13(15)8-5-6-12-10(7-8)9-3-1-2-4-11(9)16-12;7-5-3-1-2-4-6(5)8(9)10/h1-11H;1-7,14-15H;1-4H. The second-order valence-electron chi connectivity index (χ2n) is 10.5. The largest absolute Gasteiger partial charge is 0.488 e. The Bertz CT molecular complexity index is 2450. The first-order valence-electron chi connectivity index (χ1n) is 14.5. The number of para-hydroxylation sites is 2. The highest BCUT2D eigenvalue weighted by Crippen LogP contribution is 2.38. The van der Waals surface area contributed by atoms with Crippen molar-refractivity contribution in [2.75, 3.05) is 0 Å². The van der Waals surface area contributed by atoms with Crippen molar-refractivity contribution in [3.63, 3.8) is 0 Å². The van der Waals surface area contributed by atoms with E-state index in [4.69, 9.17) is 10.0 Å². The molecule has 12 heteroatoms. The van der Waals surface area contributed by atoms with Crippen molar-refractivity contribution in [1.29, 1.82) is 0 Å². The van der Waals surface area contributed by atoms with Crippen molar-refractivity contribution < 1.29 is 19.9 Å². The molecule has 2 N–H and O–H groups in total. The van der Waals surface area contributed by atoms with E-state index in [1.165, 1.54) is 35.6 Å². The molecule has 0 bridgehead atoms. The van der Waals surface area contributed by atoms with Crippen molar-refractivity contribution in [2.24, 2.45) is 0 Å². The van der Waals surface area contributed by atoms with Gasteiger partial charge < -0.3 is 10.0 Å². The molecule has 0 aliphatic carbocycles. The van der Waals surface area contributed by atoms with E-state index < -0.39 is 12.0 Å². The number of nitro benzene ring substituents is 2. The molecule has 236 valence electrons. The molecule has 0 unspecified atom stereocenters. The van der Waals surface area contributed by atoms with Crippen LogP contribution in [-0.4, -0.2) is 27.0 Å². The summed E-state index contributed by atoms with van der Waals surface area (Å²) in [5.41, 5.74) is 2.31. The number of fused-ring (bicyclic) bond motifs is 6. The summed E-state index contributed by atoms with van der Waals surface area (Å²) in [6.45, 7) is 0. The van der Waals surface area contributed by atoms with Crippen LogP contribution in [0.1, 0.15) is 0 Å². The van der Waals surface area contributed by atoms with Gasteiger partial charge in [0.2, 0.25) is 0 Å². The number of nitro groups is 2. The highest BCUT2D eigenvalue weighted by atomic mass is 79.9. The molecule has 0 radical (unpaired) electrons. The summed E-state index contributed by atoms with van der Waals surface area (Å²) in [4.78, 5) is 20.7. The summed E-state index contributed by atoms with van der Waals surface area (Å²) in [5.74, 6) is 0. The van der Waals surface area contributed by atoms with Gasteiger partial charge in [0.15, 0.2) is 0 Å². The van der Waals surface area contributed by atoms with Gasteiger partial charge in [0.1, 0.15) is 0 Å². The van der Waals surface area contributed by atoms with Crippen molar-refractivity contribution in [1.82, 2.24) is 0 Å². The first kappa shape index (κ1) is 32.9. The molecule has 0 atom stereocenters. The van der Waals surface area contributed by atoms with Gasteiger partial charge in [-0.1, -0.05) is 78.9 Å². The van der Waals surface area contributed by atoms with Gasteiger partial charge in [-0.05, 0) is 74.8 Å². The number of hydrogen-bond donors (Lipinski definition) is 2. The van der Waals surface area contributed by atoms with E-state index in [1.807, 2.05) is 54.6 Å². The predicted octanol–water partition coefficient (Wildman–Crippen LogP) is 9.72. The van der Waals surface area contributed by atoms with Crippen LogP contribution in [0.2, 0.25) is 0 Å². The Hall–Kier alpha value is -4.98. The lowest BCUT2D eigenvalue weighted by Crippen LogP contribution is -2.29. The number of benzene rings is 6. The van der Waals surface area contributed by atoms with E-state index in [0.717, 1.165) is 16.3 Å². The van der Waals surface area contributed by atoms with Crippen molar-refractivity contribution in [3.05, 3.63) is 158 Å². The Morgan fingerprint density at radius 3 is 1.58 bits per heavy atom. The minimum absolute atomic E-state index is 0.0995. The molecule has 2 heterocycles.